The summed E-state index contributed by atoms with van der Waals surface area (Å²) in [7, 11) is 0. The van der Waals surface area contributed by atoms with Crippen LogP contribution in [0.4, 0.5) is 11.4 Å². The highest BCUT2D eigenvalue weighted by Crippen LogP contribution is 2.44. The van der Waals surface area contributed by atoms with E-state index in [0.717, 1.165) is 66.7 Å². The van der Waals surface area contributed by atoms with Gasteiger partial charge in [0.05, 0.1) is 0 Å². The molecule has 0 atom stereocenters. The van der Waals surface area contributed by atoms with Crippen LogP contribution in [-0.4, -0.2) is 0 Å². The molecule has 0 saturated heterocycles. The fourth-order valence-electron chi connectivity index (χ4n) is 9.54. The summed E-state index contributed by atoms with van der Waals surface area (Å²) in [5, 5.41) is 11.1. The monoisotopic (exact) mass is 815 g/mol. The van der Waals surface area contributed by atoms with Crippen molar-refractivity contribution < 1.29 is 4.42 Å². The Balaban J connectivity index is 1.01. The molecule has 2 heteroatoms. The number of para-hydroxylation sites is 2. The number of rotatable bonds is 8. The third-order valence-corrected chi connectivity index (χ3v) is 12.7. The molecule has 12 rings (SSSR count). The van der Waals surface area contributed by atoms with Crippen molar-refractivity contribution in [1.29, 1.82) is 0 Å². The molecule has 2 nitrogen and oxygen atoms in total. The van der Waals surface area contributed by atoms with Crippen LogP contribution in [0, 0.1) is 0 Å². The van der Waals surface area contributed by atoms with Crippen molar-refractivity contribution in [3.8, 4) is 66.8 Å². The van der Waals surface area contributed by atoms with Gasteiger partial charge in [0, 0.05) is 33.3 Å². The molecule has 0 unspecified atom stereocenters. The molecule has 0 aliphatic heterocycles. The van der Waals surface area contributed by atoms with E-state index in [1.165, 1.54) is 54.9 Å². The summed E-state index contributed by atoms with van der Waals surface area (Å²) in [6.07, 6.45) is 0. The topological polar surface area (TPSA) is 25.2 Å². The van der Waals surface area contributed by atoms with Gasteiger partial charge < -0.3 is 9.73 Å². The van der Waals surface area contributed by atoms with Gasteiger partial charge in [-0.3, -0.25) is 0 Å². The lowest BCUT2D eigenvalue weighted by Gasteiger charge is -2.19. The van der Waals surface area contributed by atoms with Crippen molar-refractivity contribution in [3.63, 3.8) is 0 Å². The summed E-state index contributed by atoms with van der Waals surface area (Å²) in [5.41, 5.74) is 17.7. The van der Waals surface area contributed by atoms with E-state index >= 15 is 0 Å². The van der Waals surface area contributed by atoms with Crippen LogP contribution in [0.5, 0.6) is 0 Å². The van der Waals surface area contributed by atoms with Gasteiger partial charge in [-0.25, -0.2) is 0 Å². The minimum atomic E-state index is 0.902. The summed E-state index contributed by atoms with van der Waals surface area (Å²) in [6.45, 7) is 0. The molecule has 64 heavy (non-hydrogen) atoms. The maximum absolute atomic E-state index is 6.42. The first kappa shape index (κ1) is 37.3. The van der Waals surface area contributed by atoms with Crippen molar-refractivity contribution in [2.24, 2.45) is 0 Å². The predicted octanol–water partition coefficient (Wildman–Crippen LogP) is 17.6. The molecule has 12 aromatic rings. The van der Waals surface area contributed by atoms with Crippen molar-refractivity contribution in [2.75, 3.05) is 5.32 Å². The molecule has 1 heterocycles. The van der Waals surface area contributed by atoms with E-state index in [4.69, 9.17) is 4.42 Å². The molecular weight excluding hydrogens is 775 g/mol. The SMILES string of the molecule is c1ccc(-c2ccc(-c3cccc(-c4cccc5ccccc45)c3)cc2-c2cc(-c3cccc4ccccc34)ccc2Nc2ccc(-c3cccc4c3oc3ccccc34)cc2)cc1. The van der Waals surface area contributed by atoms with Crippen molar-refractivity contribution in [1.82, 2.24) is 0 Å². The second-order valence-electron chi connectivity index (χ2n) is 16.5. The maximum atomic E-state index is 6.42. The number of anilines is 2. The number of fused-ring (bicyclic) bond motifs is 5. The van der Waals surface area contributed by atoms with E-state index < -0.39 is 0 Å². The zero-order chi connectivity index (χ0) is 42.4. The van der Waals surface area contributed by atoms with Crippen LogP contribution in [0.15, 0.2) is 247 Å². The lowest BCUT2D eigenvalue weighted by molar-refractivity contribution is 0.670. The highest BCUT2D eigenvalue weighted by atomic mass is 16.3. The molecular formula is C62H41NO. The minimum Gasteiger partial charge on any atom is -0.455 e. The van der Waals surface area contributed by atoms with Crippen LogP contribution in [-0.2, 0) is 0 Å². The summed E-state index contributed by atoms with van der Waals surface area (Å²) in [5.74, 6) is 0. The molecule has 0 bridgehead atoms. The van der Waals surface area contributed by atoms with Crippen LogP contribution in [0.2, 0.25) is 0 Å². The van der Waals surface area contributed by atoms with Crippen molar-refractivity contribution in [3.05, 3.63) is 243 Å². The summed E-state index contributed by atoms with van der Waals surface area (Å²) in [4.78, 5) is 0. The first-order valence-electron chi connectivity index (χ1n) is 21.9. The largest absolute Gasteiger partial charge is 0.455 e. The minimum absolute atomic E-state index is 0.902. The van der Waals surface area contributed by atoms with Gasteiger partial charge in [-0.15, -0.1) is 0 Å². The molecule has 0 aliphatic carbocycles. The van der Waals surface area contributed by atoms with Crippen LogP contribution < -0.4 is 5.32 Å². The Morgan fingerprint density at radius 3 is 1.53 bits per heavy atom. The van der Waals surface area contributed by atoms with Crippen LogP contribution in [0.25, 0.3) is 110 Å². The van der Waals surface area contributed by atoms with Gasteiger partial charge in [-0.2, -0.15) is 0 Å². The van der Waals surface area contributed by atoms with Crippen molar-refractivity contribution >= 4 is 54.9 Å². The van der Waals surface area contributed by atoms with Gasteiger partial charge in [-0.05, 0) is 120 Å². The zero-order valence-corrected chi connectivity index (χ0v) is 35.0. The fraction of sp³-hybridized carbons (Fsp3) is 0. The smallest absolute Gasteiger partial charge is 0.143 e. The normalized spacial score (nSPS) is 11.4. The summed E-state index contributed by atoms with van der Waals surface area (Å²) >= 11 is 0. The van der Waals surface area contributed by atoms with Gasteiger partial charge in [0.15, 0.2) is 0 Å². The summed E-state index contributed by atoms with van der Waals surface area (Å²) < 4.78 is 6.42. The third-order valence-electron chi connectivity index (χ3n) is 12.7. The average Bonchev–Trinajstić information content (AvgIpc) is 3.76. The summed E-state index contributed by atoms with van der Waals surface area (Å²) in [6, 6.07) is 87.4. The Labute approximate surface area is 372 Å². The van der Waals surface area contributed by atoms with E-state index in [0.29, 0.717) is 0 Å². The third kappa shape index (κ3) is 6.70. The molecule has 0 fully saturated rings. The molecule has 300 valence electrons. The van der Waals surface area contributed by atoms with Gasteiger partial charge in [0.25, 0.3) is 0 Å². The van der Waals surface area contributed by atoms with Gasteiger partial charge in [0.2, 0.25) is 0 Å². The van der Waals surface area contributed by atoms with Gasteiger partial charge in [0.1, 0.15) is 11.2 Å². The first-order valence-corrected chi connectivity index (χ1v) is 21.9. The lowest BCUT2D eigenvalue weighted by Crippen LogP contribution is -1.97. The average molecular weight is 816 g/mol. The Morgan fingerprint density at radius 1 is 0.266 bits per heavy atom. The van der Waals surface area contributed by atoms with E-state index in [-0.39, 0.29) is 0 Å². The molecule has 1 aromatic heterocycles. The first-order chi connectivity index (χ1) is 31.7. The Hall–Kier alpha value is -8.46. The maximum Gasteiger partial charge on any atom is 0.143 e. The molecule has 1 N–H and O–H groups in total. The highest BCUT2D eigenvalue weighted by Gasteiger charge is 2.18. The van der Waals surface area contributed by atoms with E-state index in [1.807, 2.05) is 12.1 Å². The zero-order valence-electron chi connectivity index (χ0n) is 35.0. The number of hydrogen-bond donors (Lipinski definition) is 1. The quantitative estimate of drug-likeness (QED) is 0.165. The second kappa shape index (κ2) is 15.8. The molecule has 0 spiro atoms. The van der Waals surface area contributed by atoms with E-state index in [2.05, 4.69) is 236 Å². The standard InChI is InChI=1S/C62H41NO/c1-2-14-41(15-3-1)54-36-32-46(45-20-10-21-47(38-45)52-25-11-18-42-16-4-6-22-50(42)52)39-58(54)59-40-48(53-26-12-19-43-17-5-7-23-51(43)53)33-37-60(59)63-49-34-30-44(31-35-49)55-27-13-28-57-56-24-8-9-29-61(56)64-62(55)57/h1-40,63H. The molecule has 0 aliphatic rings. The number of benzene rings is 11. The number of furan rings is 1. The van der Waals surface area contributed by atoms with Gasteiger partial charge in [-0.1, -0.05) is 200 Å². The number of nitrogens with one attached hydrogen (secondary N) is 1. The second-order valence-corrected chi connectivity index (χ2v) is 16.5. The molecule has 0 radical (unpaired) electrons. The number of hydrogen-bond acceptors (Lipinski definition) is 2. The van der Waals surface area contributed by atoms with Crippen LogP contribution in [0.1, 0.15) is 0 Å². The predicted molar refractivity (Wildman–Crippen MR) is 271 cm³/mol. The van der Waals surface area contributed by atoms with Crippen molar-refractivity contribution in [2.45, 2.75) is 0 Å². The lowest BCUT2D eigenvalue weighted by atomic mass is 9.87. The Bertz CT molecular complexity index is 3680. The van der Waals surface area contributed by atoms with E-state index in [9.17, 15) is 0 Å². The Morgan fingerprint density at radius 2 is 0.766 bits per heavy atom. The van der Waals surface area contributed by atoms with Gasteiger partial charge >= 0.3 is 0 Å². The molecule has 11 aromatic carbocycles. The van der Waals surface area contributed by atoms with Crippen LogP contribution >= 0.6 is 0 Å². The Kier molecular flexibility index (Phi) is 9.20. The van der Waals surface area contributed by atoms with E-state index in [1.54, 1.807) is 0 Å². The molecule has 0 saturated carbocycles. The molecule has 0 amide bonds. The fourth-order valence-corrected chi connectivity index (χ4v) is 9.54. The van der Waals surface area contributed by atoms with Crippen LogP contribution in [0.3, 0.4) is 0 Å². The highest BCUT2D eigenvalue weighted by molar-refractivity contribution is 6.09.